The molecule has 0 unspecified atom stereocenters. The first-order chi connectivity index (χ1) is 14.9. The zero-order valence-corrected chi connectivity index (χ0v) is 20.0. The minimum atomic E-state index is -3.53. The van der Waals surface area contributed by atoms with E-state index in [2.05, 4.69) is 21.2 Å². The summed E-state index contributed by atoms with van der Waals surface area (Å²) in [6.45, 7) is 4.53. The van der Waals surface area contributed by atoms with Crippen LogP contribution in [0.1, 0.15) is 18.9 Å². The maximum absolute atomic E-state index is 12.9. The molecule has 0 fully saturated rings. The van der Waals surface area contributed by atoms with E-state index >= 15 is 0 Å². The third-order valence-electron chi connectivity index (χ3n) is 4.93. The van der Waals surface area contributed by atoms with Gasteiger partial charge in [-0.2, -0.15) is 4.31 Å². The van der Waals surface area contributed by atoms with Crippen molar-refractivity contribution in [2.75, 3.05) is 13.1 Å². The first-order valence-electron chi connectivity index (χ1n) is 9.91. The molecule has 0 aliphatic heterocycles. The zero-order chi connectivity index (χ0) is 22.0. The predicted octanol–water partition coefficient (Wildman–Crippen LogP) is 4.41. The van der Waals surface area contributed by atoms with E-state index in [1.165, 1.54) is 9.01 Å². The van der Waals surface area contributed by atoms with E-state index in [4.69, 9.17) is 0 Å². The van der Waals surface area contributed by atoms with E-state index in [0.717, 1.165) is 21.2 Å². The highest BCUT2D eigenvalue weighted by Gasteiger charge is 2.22. The molecule has 0 radical (unpaired) electrons. The third-order valence-corrected chi connectivity index (χ3v) is 9.23. The third kappa shape index (κ3) is 4.38. The van der Waals surface area contributed by atoms with Gasteiger partial charge in [-0.05, 0) is 24.3 Å². The van der Waals surface area contributed by atoms with Gasteiger partial charge in [-0.15, -0.1) is 21.5 Å². The van der Waals surface area contributed by atoms with Crippen LogP contribution in [0.3, 0.4) is 0 Å². The number of thioether (sulfide) groups is 1. The Morgan fingerprint density at radius 3 is 2.58 bits per heavy atom. The van der Waals surface area contributed by atoms with Gasteiger partial charge < -0.3 is 4.57 Å². The van der Waals surface area contributed by atoms with Crippen LogP contribution in [0, 0.1) is 0 Å². The number of thiazole rings is 1. The number of aromatic nitrogens is 4. The number of sulfonamides is 1. The zero-order valence-electron chi connectivity index (χ0n) is 17.5. The Labute approximate surface area is 190 Å². The second-order valence-electron chi connectivity index (χ2n) is 6.85. The van der Waals surface area contributed by atoms with E-state index < -0.39 is 10.0 Å². The van der Waals surface area contributed by atoms with Gasteiger partial charge in [-0.1, -0.05) is 49.9 Å². The number of nitrogens with zero attached hydrogens (tertiary/aromatic N) is 5. The van der Waals surface area contributed by atoms with Gasteiger partial charge in [-0.3, -0.25) is 0 Å². The van der Waals surface area contributed by atoms with Crippen molar-refractivity contribution in [1.29, 1.82) is 0 Å². The highest BCUT2D eigenvalue weighted by atomic mass is 32.2. The van der Waals surface area contributed by atoms with Crippen molar-refractivity contribution < 1.29 is 8.42 Å². The molecule has 0 amide bonds. The van der Waals surface area contributed by atoms with Gasteiger partial charge in [0.1, 0.15) is 5.01 Å². The van der Waals surface area contributed by atoms with Crippen molar-refractivity contribution in [2.45, 2.75) is 29.7 Å². The monoisotopic (exact) mass is 473 g/mol. The number of benzene rings is 2. The topological polar surface area (TPSA) is 81.0 Å². The standard InChI is InChI=1S/C21H23N5O2S3/c1-4-26(5-2)31(27,28)16-10-8-9-15(13-16)20-23-24-21(25(20)3)29-14-19-22-17-11-6-7-12-18(17)30-19/h6-13H,4-5,14H2,1-3H3. The summed E-state index contributed by atoms with van der Waals surface area (Å²) in [6, 6.07) is 15.0. The van der Waals surface area contributed by atoms with Crippen LogP contribution in [-0.4, -0.2) is 45.6 Å². The number of fused-ring (bicyclic) bond motifs is 1. The molecule has 0 saturated heterocycles. The largest absolute Gasteiger partial charge is 0.305 e. The van der Waals surface area contributed by atoms with E-state index in [0.29, 0.717) is 24.7 Å². The normalized spacial score (nSPS) is 12.1. The Morgan fingerprint density at radius 1 is 1.06 bits per heavy atom. The summed E-state index contributed by atoms with van der Waals surface area (Å²) in [5.74, 6) is 1.32. The fraction of sp³-hybridized carbons (Fsp3) is 0.286. The predicted molar refractivity (Wildman–Crippen MR) is 126 cm³/mol. The minimum absolute atomic E-state index is 0.264. The molecule has 4 rings (SSSR count). The second-order valence-corrected chi connectivity index (χ2v) is 10.8. The van der Waals surface area contributed by atoms with Crippen LogP contribution in [0.2, 0.25) is 0 Å². The van der Waals surface area contributed by atoms with Crippen LogP contribution in [0.15, 0.2) is 58.6 Å². The molecule has 2 aromatic carbocycles. The molecule has 0 bridgehead atoms. The maximum atomic E-state index is 12.9. The van der Waals surface area contributed by atoms with Gasteiger partial charge in [0.25, 0.3) is 0 Å². The lowest BCUT2D eigenvalue weighted by atomic mass is 10.2. The van der Waals surface area contributed by atoms with Crippen LogP contribution < -0.4 is 0 Å². The Bertz CT molecular complexity index is 1280. The van der Waals surface area contributed by atoms with Crippen molar-refractivity contribution in [3.05, 3.63) is 53.5 Å². The number of hydrogen-bond acceptors (Lipinski definition) is 7. The Morgan fingerprint density at radius 2 is 1.84 bits per heavy atom. The van der Waals surface area contributed by atoms with Gasteiger partial charge in [0.15, 0.2) is 11.0 Å². The van der Waals surface area contributed by atoms with E-state index in [1.807, 2.05) is 49.7 Å². The van der Waals surface area contributed by atoms with Gasteiger partial charge in [0.2, 0.25) is 10.0 Å². The van der Waals surface area contributed by atoms with Gasteiger partial charge in [-0.25, -0.2) is 13.4 Å². The molecule has 0 aliphatic rings. The van der Waals surface area contributed by atoms with Crippen LogP contribution >= 0.6 is 23.1 Å². The van der Waals surface area contributed by atoms with E-state index in [1.54, 1.807) is 41.3 Å². The van der Waals surface area contributed by atoms with Crippen molar-refractivity contribution in [3.63, 3.8) is 0 Å². The van der Waals surface area contributed by atoms with Crippen molar-refractivity contribution >= 4 is 43.3 Å². The SMILES string of the molecule is CCN(CC)S(=O)(=O)c1cccc(-c2nnc(SCc3nc4ccccc4s3)n2C)c1. The smallest absolute Gasteiger partial charge is 0.243 e. The second kappa shape index (κ2) is 9.07. The highest BCUT2D eigenvalue weighted by molar-refractivity contribution is 7.98. The minimum Gasteiger partial charge on any atom is -0.305 e. The molecule has 31 heavy (non-hydrogen) atoms. The summed E-state index contributed by atoms with van der Waals surface area (Å²) < 4.78 is 30.3. The fourth-order valence-corrected chi connectivity index (χ4v) is 6.68. The van der Waals surface area contributed by atoms with Crippen molar-refractivity contribution in [2.24, 2.45) is 7.05 Å². The lowest BCUT2D eigenvalue weighted by Gasteiger charge is -2.18. The highest BCUT2D eigenvalue weighted by Crippen LogP contribution is 2.30. The lowest BCUT2D eigenvalue weighted by molar-refractivity contribution is 0.445. The molecule has 0 saturated carbocycles. The molecule has 2 aromatic heterocycles. The number of para-hydroxylation sites is 1. The summed E-state index contributed by atoms with van der Waals surface area (Å²) in [5.41, 5.74) is 1.73. The molecule has 4 aromatic rings. The quantitative estimate of drug-likeness (QED) is 0.353. The summed E-state index contributed by atoms with van der Waals surface area (Å²) in [6.07, 6.45) is 0. The van der Waals surface area contributed by atoms with Gasteiger partial charge in [0.05, 0.1) is 20.9 Å². The number of rotatable bonds is 8. The van der Waals surface area contributed by atoms with Crippen molar-refractivity contribution in [3.8, 4) is 11.4 Å². The summed E-state index contributed by atoms with van der Waals surface area (Å²) in [4.78, 5) is 4.93. The van der Waals surface area contributed by atoms with Crippen molar-refractivity contribution in [1.82, 2.24) is 24.1 Å². The average Bonchev–Trinajstić information content (AvgIpc) is 3.36. The summed E-state index contributed by atoms with van der Waals surface area (Å²) >= 11 is 3.24. The molecular formula is C21H23N5O2S3. The molecule has 0 N–H and O–H groups in total. The van der Waals surface area contributed by atoms with Gasteiger partial charge in [0, 0.05) is 25.7 Å². The van der Waals surface area contributed by atoms with Crippen LogP contribution in [0.4, 0.5) is 0 Å². The molecular weight excluding hydrogens is 450 g/mol. The van der Waals surface area contributed by atoms with E-state index in [9.17, 15) is 8.42 Å². The Hall–Kier alpha value is -2.27. The van der Waals surface area contributed by atoms with Crippen LogP contribution in [0.5, 0.6) is 0 Å². The van der Waals surface area contributed by atoms with Crippen LogP contribution in [0.25, 0.3) is 21.6 Å². The van der Waals surface area contributed by atoms with Gasteiger partial charge >= 0.3 is 0 Å². The Balaban J connectivity index is 1.56. The fourth-order valence-electron chi connectivity index (χ4n) is 3.31. The molecule has 0 atom stereocenters. The number of hydrogen-bond donors (Lipinski definition) is 0. The molecule has 0 aliphatic carbocycles. The molecule has 10 heteroatoms. The maximum Gasteiger partial charge on any atom is 0.243 e. The van der Waals surface area contributed by atoms with E-state index in [-0.39, 0.29) is 4.90 Å². The summed E-state index contributed by atoms with van der Waals surface area (Å²) in [5, 5.41) is 10.4. The Kier molecular flexibility index (Phi) is 6.42. The lowest BCUT2D eigenvalue weighted by Crippen LogP contribution is -2.30. The first-order valence-corrected chi connectivity index (χ1v) is 13.2. The first kappa shape index (κ1) is 21.9. The molecule has 162 valence electrons. The molecule has 2 heterocycles. The molecule has 0 spiro atoms. The average molecular weight is 474 g/mol. The summed E-state index contributed by atoms with van der Waals surface area (Å²) in [7, 11) is -1.64. The van der Waals surface area contributed by atoms with Crippen LogP contribution in [-0.2, 0) is 22.8 Å². The molecule has 7 nitrogen and oxygen atoms in total.